The monoisotopic (exact) mass is 508 g/mol. The molecule has 0 bridgehead atoms. The molecule has 4 aromatic heterocycles. The number of nitrogens with one attached hydrogen (secondary N) is 2. The molecular weight excluding hydrogens is 484 g/mol. The van der Waals surface area contributed by atoms with Crippen LogP contribution in [0.3, 0.4) is 0 Å². The van der Waals surface area contributed by atoms with E-state index in [0.717, 1.165) is 6.20 Å². The summed E-state index contributed by atoms with van der Waals surface area (Å²) < 4.78 is 2.50. The lowest BCUT2D eigenvalue weighted by atomic mass is 10.3. The van der Waals surface area contributed by atoms with Gasteiger partial charge < -0.3 is 15.7 Å². The fourth-order valence-electron chi connectivity index (χ4n) is 2.92. The summed E-state index contributed by atoms with van der Waals surface area (Å²) in [6, 6.07) is 10.1. The number of carbonyl (C=O) groups excluding carboxylic acids is 3. The van der Waals surface area contributed by atoms with E-state index >= 15 is 0 Å². The van der Waals surface area contributed by atoms with Gasteiger partial charge in [-0.05, 0) is 31.2 Å². The number of rotatable bonds is 6. The van der Waals surface area contributed by atoms with Crippen LogP contribution in [0.4, 0.5) is 0 Å². The van der Waals surface area contributed by atoms with E-state index in [2.05, 4.69) is 20.6 Å². The first-order chi connectivity index (χ1) is 17.2. The van der Waals surface area contributed by atoms with Gasteiger partial charge in [-0.25, -0.2) is 9.97 Å². The maximum absolute atomic E-state index is 12.0. The number of carboxylic acids is 1. The lowest BCUT2D eigenvalue weighted by Gasteiger charge is -2.04. The maximum Gasteiger partial charge on any atom is 0.322 e. The van der Waals surface area contributed by atoms with Crippen molar-refractivity contribution in [3.63, 3.8) is 0 Å². The van der Waals surface area contributed by atoms with Gasteiger partial charge in [0.05, 0.1) is 6.54 Å². The number of carbonyl (C=O) groups is 4. The van der Waals surface area contributed by atoms with Crippen LogP contribution in [0.1, 0.15) is 35.1 Å². The van der Waals surface area contributed by atoms with E-state index < -0.39 is 35.4 Å². The molecule has 0 aliphatic rings. The van der Waals surface area contributed by atoms with E-state index in [1.165, 1.54) is 34.3 Å². The molecule has 13 nitrogen and oxygen atoms in total. The number of ketones is 1. The summed E-state index contributed by atoms with van der Waals surface area (Å²) in [5, 5.41) is 12.9. The Bertz CT molecular complexity index is 1470. The molecule has 0 aliphatic heterocycles. The lowest BCUT2D eigenvalue weighted by Crippen LogP contribution is -2.34. The van der Waals surface area contributed by atoms with Crippen molar-refractivity contribution in [2.75, 3.05) is 13.1 Å². The Morgan fingerprint density at radius 2 is 1.22 bits per heavy atom. The number of pyridine rings is 2. The Labute approximate surface area is 209 Å². The zero-order valence-electron chi connectivity index (χ0n) is 18.9. The fourth-order valence-corrected chi connectivity index (χ4v) is 2.92. The largest absolute Gasteiger partial charge is 0.480 e. The molecular formula is C24H24N6O7. The Kier molecular flexibility index (Phi) is 9.46. The van der Waals surface area contributed by atoms with Crippen molar-refractivity contribution in [2.24, 2.45) is 0 Å². The summed E-state index contributed by atoms with van der Waals surface area (Å²) in [6.45, 7) is 0.706. The number of aromatic nitrogens is 4. The van der Waals surface area contributed by atoms with Crippen LogP contribution in [0.15, 0.2) is 70.8 Å². The third-order valence-electron chi connectivity index (χ3n) is 4.61. The molecule has 0 radical (unpaired) electrons. The Hall–Kier alpha value is -5.20. The molecule has 4 heterocycles. The van der Waals surface area contributed by atoms with Crippen molar-refractivity contribution in [1.29, 1.82) is 0 Å². The van der Waals surface area contributed by atoms with Gasteiger partial charge in [-0.2, -0.15) is 0 Å². The molecule has 2 amide bonds. The average molecular weight is 508 g/mol. The lowest BCUT2D eigenvalue weighted by molar-refractivity contribution is -0.135. The average Bonchev–Trinajstić information content (AvgIpc) is 2.87. The predicted octanol–water partition coefficient (Wildman–Crippen LogP) is 0.158. The number of hydrogen-bond acceptors (Lipinski definition) is 8. The highest BCUT2D eigenvalue weighted by Crippen LogP contribution is 1.98. The van der Waals surface area contributed by atoms with Crippen molar-refractivity contribution in [3.8, 4) is 0 Å². The third-order valence-corrected chi connectivity index (χ3v) is 4.61. The molecule has 3 N–H and O–H groups in total. The highest BCUT2D eigenvalue weighted by atomic mass is 16.4. The summed E-state index contributed by atoms with van der Waals surface area (Å²) in [6.07, 6.45) is 5.37. The van der Waals surface area contributed by atoms with Gasteiger partial charge in [0.15, 0.2) is 0 Å². The predicted molar refractivity (Wildman–Crippen MR) is 133 cm³/mol. The number of fused-ring (bicyclic) bond motifs is 2. The standard InChI is InChI=1S/C12H11N3O3.C11H9N3O4.CH4/c1-8(16)6-14-11(17)9-7-13-10-4-2-3-5-15(10)12(9)18;15-9(16)6-13-10(17)7-5-12-8-3-1-2-4-14(8)11(7)18;/h2-5,7H,6H2,1H3,(H,14,17);1-5H,6H2,(H,13,17)(H,15,16);1H4. The van der Waals surface area contributed by atoms with Crippen LogP contribution in [-0.2, 0) is 9.59 Å². The molecule has 13 heteroatoms. The summed E-state index contributed by atoms with van der Waals surface area (Å²) in [5.74, 6) is -2.72. The molecule has 0 aliphatic carbocycles. The minimum atomic E-state index is -1.18. The molecule has 0 atom stereocenters. The normalized spacial score (nSPS) is 9.97. The zero-order chi connectivity index (χ0) is 26.2. The quantitative estimate of drug-likeness (QED) is 0.327. The number of aliphatic carboxylic acids is 1. The number of hydrogen-bond donors (Lipinski definition) is 3. The van der Waals surface area contributed by atoms with Gasteiger partial charge in [-0.15, -0.1) is 0 Å². The second kappa shape index (κ2) is 12.5. The molecule has 0 unspecified atom stereocenters. The fraction of sp³-hybridized carbons (Fsp3) is 0.167. The zero-order valence-corrected chi connectivity index (χ0v) is 18.9. The minimum Gasteiger partial charge on any atom is -0.480 e. The summed E-state index contributed by atoms with van der Waals surface area (Å²) in [7, 11) is 0. The van der Waals surface area contributed by atoms with Gasteiger partial charge >= 0.3 is 5.97 Å². The van der Waals surface area contributed by atoms with Crippen molar-refractivity contribution in [2.45, 2.75) is 14.4 Å². The van der Waals surface area contributed by atoms with Crippen LogP contribution in [0, 0.1) is 0 Å². The van der Waals surface area contributed by atoms with E-state index in [-0.39, 0.29) is 30.9 Å². The van der Waals surface area contributed by atoms with Crippen LogP contribution in [0.2, 0.25) is 0 Å². The Balaban J connectivity index is 0.000000253. The second-order valence-corrected chi connectivity index (χ2v) is 7.27. The molecule has 0 saturated heterocycles. The molecule has 0 saturated carbocycles. The first-order valence-corrected chi connectivity index (χ1v) is 10.4. The molecule has 37 heavy (non-hydrogen) atoms. The smallest absolute Gasteiger partial charge is 0.322 e. The van der Waals surface area contributed by atoms with Crippen molar-refractivity contribution in [3.05, 3.63) is 93.0 Å². The van der Waals surface area contributed by atoms with Gasteiger partial charge in [-0.1, -0.05) is 19.6 Å². The van der Waals surface area contributed by atoms with E-state index in [0.29, 0.717) is 11.3 Å². The first kappa shape index (κ1) is 28.0. The summed E-state index contributed by atoms with van der Waals surface area (Å²) in [4.78, 5) is 76.2. The van der Waals surface area contributed by atoms with Gasteiger partial charge in [0.1, 0.15) is 34.7 Å². The number of carboxylic acid groups (broad SMARTS) is 1. The van der Waals surface area contributed by atoms with Crippen molar-refractivity contribution < 1.29 is 24.3 Å². The number of Topliss-reactive ketones (excluding diaryl/α,β-unsaturated/α-hetero) is 1. The topological polar surface area (TPSA) is 181 Å². The maximum atomic E-state index is 12.0. The van der Waals surface area contributed by atoms with Crippen LogP contribution in [-0.4, -0.2) is 60.5 Å². The van der Waals surface area contributed by atoms with E-state index in [9.17, 15) is 28.8 Å². The second-order valence-electron chi connectivity index (χ2n) is 7.27. The number of amides is 2. The first-order valence-electron chi connectivity index (χ1n) is 10.4. The molecule has 0 fully saturated rings. The van der Waals surface area contributed by atoms with Crippen LogP contribution in [0.5, 0.6) is 0 Å². The minimum absolute atomic E-state index is 0. The van der Waals surface area contributed by atoms with Gasteiger partial charge in [0.2, 0.25) is 0 Å². The van der Waals surface area contributed by atoms with E-state index in [1.54, 1.807) is 36.4 Å². The molecule has 192 valence electrons. The van der Waals surface area contributed by atoms with Gasteiger partial charge in [0, 0.05) is 24.8 Å². The summed E-state index contributed by atoms with van der Waals surface area (Å²) >= 11 is 0. The summed E-state index contributed by atoms with van der Waals surface area (Å²) in [5.41, 5.74) is -0.395. The SMILES string of the molecule is C.CC(=O)CNC(=O)c1cnc2ccccn2c1=O.O=C(O)CNC(=O)c1cnc2ccccn2c1=O. The molecule has 4 rings (SSSR count). The van der Waals surface area contributed by atoms with Crippen molar-refractivity contribution in [1.82, 2.24) is 29.4 Å². The van der Waals surface area contributed by atoms with Crippen LogP contribution in [0.25, 0.3) is 11.3 Å². The van der Waals surface area contributed by atoms with Gasteiger partial charge in [-0.3, -0.25) is 37.6 Å². The Morgan fingerprint density at radius 3 is 1.62 bits per heavy atom. The molecule has 0 spiro atoms. The highest BCUT2D eigenvalue weighted by molar-refractivity contribution is 5.96. The van der Waals surface area contributed by atoms with Crippen LogP contribution >= 0.6 is 0 Å². The van der Waals surface area contributed by atoms with Gasteiger partial charge in [0.25, 0.3) is 22.9 Å². The van der Waals surface area contributed by atoms with E-state index in [4.69, 9.17) is 5.11 Å². The highest BCUT2D eigenvalue weighted by Gasteiger charge is 2.14. The number of nitrogens with zero attached hydrogens (tertiary/aromatic N) is 4. The van der Waals surface area contributed by atoms with Crippen molar-refractivity contribution >= 4 is 34.9 Å². The third kappa shape index (κ3) is 6.91. The van der Waals surface area contributed by atoms with Crippen LogP contribution < -0.4 is 21.8 Å². The molecule has 4 aromatic rings. The molecule has 0 aromatic carbocycles. The van der Waals surface area contributed by atoms with E-state index in [1.807, 2.05) is 0 Å². The Morgan fingerprint density at radius 1 is 0.784 bits per heavy atom.